The molecule has 4 nitrogen and oxygen atoms in total. The van der Waals surface area contributed by atoms with E-state index in [4.69, 9.17) is 17.3 Å². The van der Waals surface area contributed by atoms with Gasteiger partial charge in [-0.1, -0.05) is 11.6 Å². The third-order valence-corrected chi connectivity index (χ3v) is 2.75. The van der Waals surface area contributed by atoms with Crippen molar-refractivity contribution in [3.8, 4) is 0 Å². The fourth-order valence-corrected chi connectivity index (χ4v) is 1.92. The lowest BCUT2D eigenvalue weighted by molar-refractivity contribution is -0.114. The molecule has 0 bridgehead atoms. The fraction of sp³-hybridized carbons (Fsp3) is 0.273. The van der Waals surface area contributed by atoms with Crippen molar-refractivity contribution in [2.45, 2.75) is 6.42 Å². The highest BCUT2D eigenvalue weighted by Crippen LogP contribution is 2.31. The normalized spacial score (nSPS) is 14.5. The van der Waals surface area contributed by atoms with E-state index in [1.165, 1.54) is 11.0 Å². The summed E-state index contributed by atoms with van der Waals surface area (Å²) in [5, 5.41) is 0.459. The van der Waals surface area contributed by atoms with Gasteiger partial charge < -0.3 is 10.6 Å². The number of halogens is 1. The second-order valence-electron chi connectivity index (χ2n) is 3.59. The predicted octanol–water partition coefficient (Wildman–Crippen LogP) is 1.22. The molecule has 16 heavy (non-hydrogen) atoms. The molecule has 2 rings (SSSR count). The average molecular weight is 239 g/mol. The molecule has 1 aliphatic rings. The van der Waals surface area contributed by atoms with Crippen LogP contribution in [0.3, 0.4) is 0 Å². The second kappa shape index (κ2) is 4.23. The fourth-order valence-electron chi connectivity index (χ4n) is 1.74. The molecule has 1 heterocycles. The predicted molar refractivity (Wildman–Crippen MR) is 61.8 cm³/mol. The Morgan fingerprint density at radius 2 is 2.06 bits per heavy atom. The highest BCUT2D eigenvalue weighted by Gasteiger charge is 2.35. The standard InChI is InChI=1S/C11H11ClN2O2/c12-7-2-3-9-8(6-7)10(15)11(16)14(9)5-1-4-13/h2-3,6H,1,4-5,13H2. The molecule has 1 aromatic rings. The summed E-state index contributed by atoms with van der Waals surface area (Å²) in [6.45, 7) is 0.955. The van der Waals surface area contributed by atoms with Gasteiger partial charge in [0.05, 0.1) is 11.3 Å². The zero-order valence-corrected chi connectivity index (χ0v) is 9.33. The molecular formula is C11H11ClN2O2. The molecule has 2 N–H and O–H groups in total. The number of hydrogen-bond acceptors (Lipinski definition) is 3. The molecule has 0 saturated carbocycles. The van der Waals surface area contributed by atoms with E-state index in [1.54, 1.807) is 12.1 Å². The van der Waals surface area contributed by atoms with Gasteiger partial charge in [-0.3, -0.25) is 9.59 Å². The first-order valence-electron chi connectivity index (χ1n) is 5.01. The number of amides is 1. The highest BCUT2D eigenvalue weighted by molar-refractivity contribution is 6.52. The number of hydrogen-bond donors (Lipinski definition) is 1. The van der Waals surface area contributed by atoms with Gasteiger partial charge in [0.15, 0.2) is 0 Å². The molecular weight excluding hydrogens is 228 g/mol. The molecule has 0 saturated heterocycles. The summed E-state index contributed by atoms with van der Waals surface area (Å²) < 4.78 is 0. The van der Waals surface area contributed by atoms with Crippen molar-refractivity contribution in [1.82, 2.24) is 0 Å². The van der Waals surface area contributed by atoms with E-state index in [-0.39, 0.29) is 0 Å². The van der Waals surface area contributed by atoms with Crippen LogP contribution in [0.4, 0.5) is 5.69 Å². The maximum absolute atomic E-state index is 11.7. The molecule has 0 aromatic heterocycles. The number of anilines is 1. The van der Waals surface area contributed by atoms with Crippen LogP contribution in [0.15, 0.2) is 18.2 Å². The number of benzene rings is 1. The molecule has 0 atom stereocenters. The zero-order chi connectivity index (χ0) is 11.7. The Hall–Kier alpha value is -1.39. The van der Waals surface area contributed by atoms with Crippen LogP contribution in [0, 0.1) is 0 Å². The molecule has 1 aromatic carbocycles. The number of nitrogens with two attached hydrogens (primary N) is 1. The average Bonchev–Trinajstić information content (AvgIpc) is 2.50. The lowest BCUT2D eigenvalue weighted by atomic mass is 10.1. The lowest BCUT2D eigenvalue weighted by Gasteiger charge is -2.15. The van der Waals surface area contributed by atoms with E-state index >= 15 is 0 Å². The smallest absolute Gasteiger partial charge is 0.299 e. The Morgan fingerprint density at radius 1 is 1.31 bits per heavy atom. The number of nitrogens with zero attached hydrogens (tertiary/aromatic N) is 1. The third kappa shape index (κ3) is 1.70. The quantitative estimate of drug-likeness (QED) is 0.806. The first kappa shape index (κ1) is 11.1. The van der Waals surface area contributed by atoms with E-state index in [9.17, 15) is 9.59 Å². The number of rotatable bonds is 3. The number of ketones is 1. The summed E-state index contributed by atoms with van der Waals surface area (Å²) in [5.74, 6) is -0.986. The van der Waals surface area contributed by atoms with Gasteiger partial charge in [-0.15, -0.1) is 0 Å². The van der Waals surface area contributed by atoms with Gasteiger partial charge in [0.1, 0.15) is 0 Å². The van der Waals surface area contributed by atoms with Crippen LogP contribution in [0.1, 0.15) is 16.8 Å². The van der Waals surface area contributed by atoms with Crippen molar-refractivity contribution < 1.29 is 9.59 Å². The number of carbonyl (C=O) groups is 2. The summed E-state index contributed by atoms with van der Waals surface area (Å²) >= 11 is 5.79. The molecule has 0 radical (unpaired) electrons. The van der Waals surface area contributed by atoms with Gasteiger partial charge in [-0.05, 0) is 31.2 Å². The summed E-state index contributed by atoms with van der Waals surface area (Å²) in [4.78, 5) is 24.8. The van der Waals surface area contributed by atoms with Gasteiger partial charge >= 0.3 is 0 Å². The van der Waals surface area contributed by atoms with Crippen LogP contribution in [-0.2, 0) is 4.79 Å². The molecule has 1 amide bonds. The molecule has 0 aliphatic carbocycles. The minimum absolute atomic E-state index is 0.384. The molecule has 0 fully saturated rings. The Balaban J connectivity index is 2.38. The van der Waals surface area contributed by atoms with E-state index in [0.29, 0.717) is 35.8 Å². The lowest BCUT2D eigenvalue weighted by Crippen LogP contribution is -2.31. The van der Waals surface area contributed by atoms with Crippen molar-refractivity contribution in [1.29, 1.82) is 0 Å². The minimum Gasteiger partial charge on any atom is -0.330 e. The summed E-state index contributed by atoms with van der Waals surface area (Å²) in [5.41, 5.74) is 6.40. The number of fused-ring (bicyclic) bond motifs is 1. The Kier molecular flexibility index (Phi) is 2.94. The van der Waals surface area contributed by atoms with Crippen LogP contribution in [-0.4, -0.2) is 24.8 Å². The van der Waals surface area contributed by atoms with Crippen LogP contribution in [0.5, 0.6) is 0 Å². The van der Waals surface area contributed by atoms with Crippen molar-refractivity contribution in [3.05, 3.63) is 28.8 Å². The van der Waals surface area contributed by atoms with E-state index in [1.807, 2.05) is 0 Å². The monoisotopic (exact) mass is 238 g/mol. The first-order chi connectivity index (χ1) is 7.65. The molecule has 1 aliphatic heterocycles. The maximum atomic E-state index is 11.7. The van der Waals surface area contributed by atoms with Crippen molar-refractivity contribution >= 4 is 29.0 Å². The minimum atomic E-state index is -0.495. The van der Waals surface area contributed by atoms with Crippen LogP contribution >= 0.6 is 11.6 Å². The molecule has 84 valence electrons. The third-order valence-electron chi connectivity index (χ3n) is 2.52. The van der Waals surface area contributed by atoms with Crippen LogP contribution in [0.2, 0.25) is 5.02 Å². The van der Waals surface area contributed by atoms with Gasteiger partial charge in [0, 0.05) is 11.6 Å². The van der Waals surface area contributed by atoms with Gasteiger partial charge in [-0.25, -0.2) is 0 Å². The topological polar surface area (TPSA) is 63.4 Å². The van der Waals surface area contributed by atoms with Crippen LogP contribution < -0.4 is 10.6 Å². The SMILES string of the molecule is NCCCN1C(=O)C(=O)c2cc(Cl)ccc21. The Labute approximate surface area is 98.0 Å². The highest BCUT2D eigenvalue weighted by atomic mass is 35.5. The van der Waals surface area contributed by atoms with Gasteiger partial charge in [0.25, 0.3) is 11.7 Å². The Morgan fingerprint density at radius 3 is 2.75 bits per heavy atom. The van der Waals surface area contributed by atoms with Crippen molar-refractivity contribution in [2.75, 3.05) is 18.0 Å². The molecule has 0 spiro atoms. The van der Waals surface area contributed by atoms with Gasteiger partial charge in [0.2, 0.25) is 0 Å². The molecule has 5 heteroatoms. The van der Waals surface area contributed by atoms with E-state index in [0.717, 1.165) is 0 Å². The summed E-state index contributed by atoms with van der Waals surface area (Å²) in [6, 6.07) is 4.89. The summed E-state index contributed by atoms with van der Waals surface area (Å²) in [6.07, 6.45) is 0.668. The molecule has 0 unspecified atom stereocenters. The van der Waals surface area contributed by atoms with Crippen molar-refractivity contribution in [2.24, 2.45) is 5.73 Å². The number of carbonyl (C=O) groups excluding carboxylic acids is 2. The van der Waals surface area contributed by atoms with E-state index < -0.39 is 11.7 Å². The largest absolute Gasteiger partial charge is 0.330 e. The maximum Gasteiger partial charge on any atom is 0.299 e. The Bertz CT molecular complexity index is 459. The van der Waals surface area contributed by atoms with Crippen molar-refractivity contribution in [3.63, 3.8) is 0 Å². The number of Topliss-reactive ketones (excluding diaryl/α,β-unsaturated/α-hetero) is 1. The first-order valence-corrected chi connectivity index (χ1v) is 5.38. The summed E-state index contributed by atoms with van der Waals surface area (Å²) in [7, 11) is 0. The van der Waals surface area contributed by atoms with E-state index in [2.05, 4.69) is 0 Å². The zero-order valence-electron chi connectivity index (χ0n) is 8.57. The second-order valence-corrected chi connectivity index (χ2v) is 4.03. The van der Waals surface area contributed by atoms with Gasteiger partial charge in [-0.2, -0.15) is 0 Å². The van der Waals surface area contributed by atoms with Crippen LogP contribution in [0.25, 0.3) is 0 Å².